The van der Waals surface area contributed by atoms with Crippen LogP contribution in [0.15, 0.2) is 24.5 Å². The number of nitrogens with zero attached hydrogens (tertiary/aromatic N) is 4. The summed E-state index contributed by atoms with van der Waals surface area (Å²) in [6.07, 6.45) is -3.65. The number of hydrogen-bond donors (Lipinski definition) is 4. The number of anilines is 3. The van der Waals surface area contributed by atoms with E-state index in [4.69, 9.17) is 17.3 Å². The Kier molecular flexibility index (Phi) is 6.56. The summed E-state index contributed by atoms with van der Waals surface area (Å²) in [6, 6.07) is 3.39. The molecule has 0 bridgehead atoms. The van der Waals surface area contributed by atoms with Crippen LogP contribution >= 0.6 is 11.6 Å². The maximum Gasteiger partial charge on any atom is 0.416 e. The van der Waals surface area contributed by atoms with E-state index in [-0.39, 0.29) is 34.7 Å². The molecule has 2 aliphatic rings. The van der Waals surface area contributed by atoms with E-state index in [1.165, 1.54) is 12.4 Å². The van der Waals surface area contributed by atoms with E-state index in [0.717, 1.165) is 12.1 Å². The van der Waals surface area contributed by atoms with Gasteiger partial charge in [0.15, 0.2) is 11.6 Å². The predicted molar refractivity (Wildman–Crippen MR) is 114 cm³/mol. The Hall–Kier alpha value is -2.41. The molecule has 1 aromatic heterocycles. The third-order valence-corrected chi connectivity index (χ3v) is 5.68. The van der Waals surface area contributed by atoms with Gasteiger partial charge >= 0.3 is 6.18 Å². The van der Waals surface area contributed by atoms with E-state index in [9.17, 15) is 17.6 Å². The maximum atomic E-state index is 14.4. The lowest BCUT2D eigenvalue weighted by molar-refractivity contribution is -0.137. The van der Waals surface area contributed by atoms with E-state index in [1.807, 2.05) is 4.90 Å². The normalized spacial score (nSPS) is 22.7. The van der Waals surface area contributed by atoms with Crippen LogP contribution in [0, 0.1) is 5.82 Å². The zero-order chi connectivity index (χ0) is 22.9. The molecule has 2 aromatic rings. The summed E-state index contributed by atoms with van der Waals surface area (Å²) in [5, 5.41) is 9.76. The molecule has 174 valence electrons. The molecular weight excluding hydrogens is 452 g/mol. The molecule has 2 fully saturated rings. The van der Waals surface area contributed by atoms with E-state index in [0.29, 0.717) is 39.3 Å². The third-order valence-electron chi connectivity index (χ3n) is 5.47. The first kappa shape index (κ1) is 22.8. The monoisotopic (exact) mass is 474 g/mol. The van der Waals surface area contributed by atoms with Gasteiger partial charge in [-0.05, 0) is 18.2 Å². The molecule has 3 heterocycles. The molecule has 2 saturated heterocycles. The van der Waals surface area contributed by atoms with Crippen molar-refractivity contribution in [3.8, 4) is 0 Å². The van der Waals surface area contributed by atoms with E-state index in [1.54, 1.807) is 0 Å². The highest BCUT2D eigenvalue weighted by Gasteiger charge is 2.33. The topological polar surface area (TPSA) is 94.4 Å². The van der Waals surface area contributed by atoms with Crippen LogP contribution < -0.4 is 26.6 Å². The summed E-state index contributed by atoms with van der Waals surface area (Å²) in [7, 11) is 0. The summed E-state index contributed by atoms with van der Waals surface area (Å²) in [4.78, 5) is 11.7. The first-order valence-electron chi connectivity index (χ1n) is 10.1. The molecule has 13 heteroatoms. The first-order valence-corrected chi connectivity index (χ1v) is 10.4. The van der Waals surface area contributed by atoms with Crippen molar-refractivity contribution in [2.75, 3.05) is 55.2 Å². The maximum absolute atomic E-state index is 14.4. The second kappa shape index (κ2) is 9.22. The first-order chi connectivity index (χ1) is 15.2. The van der Waals surface area contributed by atoms with Crippen LogP contribution in [0.1, 0.15) is 5.56 Å². The average Bonchev–Trinajstić information content (AvgIpc) is 2.75. The largest absolute Gasteiger partial charge is 0.416 e. The zero-order valence-corrected chi connectivity index (χ0v) is 17.7. The average molecular weight is 475 g/mol. The fourth-order valence-corrected chi connectivity index (χ4v) is 4.19. The SMILES string of the molecule is Nc1ncnc(N2CCNC(N3CCNC(Nc4cc(Cl)cc(C(F)(F)F)c4)C3)C2)c1F. The molecule has 0 amide bonds. The Bertz CT molecular complexity index is 959. The lowest BCUT2D eigenvalue weighted by Crippen LogP contribution is -2.65. The van der Waals surface area contributed by atoms with Gasteiger partial charge in [-0.1, -0.05) is 11.6 Å². The summed E-state index contributed by atoms with van der Waals surface area (Å²) in [6.45, 7) is 3.47. The molecule has 0 aliphatic carbocycles. The number of rotatable bonds is 4. The molecule has 2 atom stereocenters. The smallest absolute Gasteiger partial charge is 0.381 e. The molecular formula is C19H23ClF4N8. The van der Waals surface area contributed by atoms with E-state index in [2.05, 4.69) is 30.8 Å². The number of nitrogens with one attached hydrogen (secondary N) is 3. The molecule has 0 saturated carbocycles. The minimum Gasteiger partial charge on any atom is -0.381 e. The molecule has 4 rings (SSSR count). The summed E-state index contributed by atoms with van der Waals surface area (Å²) in [5.74, 6) is -0.682. The number of benzene rings is 1. The quantitative estimate of drug-likeness (QED) is 0.500. The van der Waals surface area contributed by atoms with Crippen LogP contribution in [-0.4, -0.2) is 66.5 Å². The Morgan fingerprint density at radius 3 is 2.66 bits per heavy atom. The Labute approximate surface area is 187 Å². The lowest BCUT2D eigenvalue weighted by atomic mass is 10.1. The van der Waals surface area contributed by atoms with Gasteiger partial charge in [-0.25, -0.2) is 9.97 Å². The van der Waals surface area contributed by atoms with Crippen molar-refractivity contribution >= 4 is 28.9 Å². The second-order valence-corrected chi connectivity index (χ2v) is 8.12. The summed E-state index contributed by atoms with van der Waals surface area (Å²) >= 11 is 5.89. The standard InChI is InChI=1S/C19H23ClF4N8/c20-12-5-11(19(22,23)24)6-13(7-12)30-14-8-31(3-1-26-14)15-9-32(4-2-27-15)18-16(21)17(25)28-10-29-18/h5-7,10,14-15,26-27,30H,1-4,8-9H2,(H2,25,28,29). The van der Waals surface area contributed by atoms with Gasteiger partial charge in [0.05, 0.1) is 17.9 Å². The summed E-state index contributed by atoms with van der Waals surface area (Å²) < 4.78 is 53.7. The van der Waals surface area contributed by atoms with Crippen molar-refractivity contribution in [1.29, 1.82) is 0 Å². The van der Waals surface area contributed by atoms with E-state index >= 15 is 0 Å². The van der Waals surface area contributed by atoms with Crippen molar-refractivity contribution < 1.29 is 17.6 Å². The molecule has 2 aliphatic heterocycles. The molecule has 1 aromatic carbocycles. The van der Waals surface area contributed by atoms with Crippen LogP contribution in [0.5, 0.6) is 0 Å². The highest BCUT2D eigenvalue weighted by molar-refractivity contribution is 6.30. The molecule has 32 heavy (non-hydrogen) atoms. The number of alkyl halides is 3. The number of piperazine rings is 2. The second-order valence-electron chi connectivity index (χ2n) is 7.68. The fourth-order valence-electron chi connectivity index (χ4n) is 3.95. The number of aromatic nitrogens is 2. The molecule has 2 unspecified atom stereocenters. The van der Waals surface area contributed by atoms with Crippen LogP contribution in [-0.2, 0) is 6.18 Å². The van der Waals surface area contributed by atoms with Crippen LogP contribution in [0.2, 0.25) is 5.02 Å². The van der Waals surface area contributed by atoms with Crippen molar-refractivity contribution in [3.05, 3.63) is 40.9 Å². The van der Waals surface area contributed by atoms with Crippen molar-refractivity contribution in [2.24, 2.45) is 0 Å². The lowest BCUT2D eigenvalue weighted by Gasteiger charge is -2.44. The number of halogens is 5. The Morgan fingerprint density at radius 2 is 1.88 bits per heavy atom. The number of nitrogen functional groups attached to an aromatic ring is 1. The van der Waals surface area contributed by atoms with Gasteiger partial charge in [0.25, 0.3) is 0 Å². The van der Waals surface area contributed by atoms with Gasteiger partial charge in [0, 0.05) is 50.0 Å². The van der Waals surface area contributed by atoms with Crippen LogP contribution in [0.3, 0.4) is 0 Å². The van der Waals surface area contributed by atoms with Gasteiger partial charge < -0.3 is 16.0 Å². The van der Waals surface area contributed by atoms with Crippen molar-refractivity contribution in [2.45, 2.75) is 18.5 Å². The van der Waals surface area contributed by atoms with E-state index < -0.39 is 17.6 Å². The molecule has 0 spiro atoms. The van der Waals surface area contributed by atoms with Crippen molar-refractivity contribution in [3.63, 3.8) is 0 Å². The number of nitrogens with two attached hydrogens (primary N) is 1. The Balaban J connectivity index is 1.43. The van der Waals surface area contributed by atoms with Gasteiger partial charge in [0.2, 0.25) is 5.82 Å². The minimum absolute atomic E-state index is 0.00531. The molecule has 5 N–H and O–H groups in total. The van der Waals surface area contributed by atoms with Gasteiger partial charge in [-0.2, -0.15) is 17.6 Å². The highest BCUT2D eigenvalue weighted by Crippen LogP contribution is 2.33. The van der Waals surface area contributed by atoms with Crippen molar-refractivity contribution in [1.82, 2.24) is 25.5 Å². The summed E-state index contributed by atoms with van der Waals surface area (Å²) in [5.41, 5.74) is 5.04. The predicted octanol–water partition coefficient (Wildman–Crippen LogP) is 1.95. The van der Waals surface area contributed by atoms with Gasteiger partial charge in [-0.3, -0.25) is 15.5 Å². The van der Waals surface area contributed by atoms with Crippen LogP contribution in [0.25, 0.3) is 0 Å². The zero-order valence-electron chi connectivity index (χ0n) is 17.0. The fraction of sp³-hybridized carbons (Fsp3) is 0.474. The third kappa shape index (κ3) is 5.14. The van der Waals surface area contributed by atoms with Crippen LogP contribution in [0.4, 0.5) is 34.9 Å². The Morgan fingerprint density at radius 1 is 1.09 bits per heavy atom. The number of hydrogen-bond acceptors (Lipinski definition) is 8. The van der Waals surface area contributed by atoms with Gasteiger partial charge in [0.1, 0.15) is 6.33 Å². The minimum atomic E-state index is -4.48. The van der Waals surface area contributed by atoms with Gasteiger partial charge in [-0.15, -0.1) is 0 Å². The highest BCUT2D eigenvalue weighted by atomic mass is 35.5. The molecule has 0 radical (unpaired) electrons. The molecule has 8 nitrogen and oxygen atoms in total.